The van der Waals surface area contributed by atoms with E-state index >= 15 is 0 Å². The fourth-order valence-electron chi connectivity index (χ4n) is 2.64. The molecule has 0 heterocycles. The topological polar surface area (TPSA) is 81.7 Å². The lowest BCUT2D eigenvalue weighted by atomic mass is 9.97. The number of hydrogen-bond acceptors (Lipinski definition) is 5. The summed E-state index contributed by atoms with van der Waals surface area (Å²) in [5.74, 6) is -1.15. The standard InChI is InChI=1S/C23H25NO5/c1-4-16(2)19-7-5-6-8-20(19)24-21(25)15-29-22(26)14-11-17-9-12-18(13-10-17)23(27)28-3/h5-14,16H,4,15H2,1-3H3,(H,24,25)/b14-11+/t16-/m1/s1. The average molecular weight is 395 g/mol. The van der Waals surface area contributed by atoms with Gasteiger partial charge in [0.1, 0.15) is 0 Å². The molecule has 29 heavy (non-hydrogen) atoms. The van der Waals surface area contributed by atoms with Gasteiger partial charge in [0.05, 0.1) is 12.7 Å². The van der Waals surface area contributed by atoms with Gasteiger partial charge in [-0.05, 0) is 47.7 Å². The first-order valence-corrected chi connectivity index (χ1v) is 9.36. The van der Waals surface area contributed by atoms with Gasteiger partial charge >= 0.3 is 11.9 Å². The molecule has 0 aliphatic rings. The van der Waals surface area contributed by atoms with Crippen molar-refractivity contribution in [2.45, 2.75) is 26.2 Å². The van der Waals surface area contributed by atoms with Crippen LogP contribution in [0.1, 0.15) is 47.7 Å². The van der Waals surface area contributed by atoms with Crippen LogP contribution in [0.4, 0.5) is 5.69 Å². The van der Waals surface area contributed by atoms with E-state index < -0.39 is 17.8 Å². The molecule has 6 nitrogen and oxygen atoms in total. The second-order valence-corrected chi connectivity index (χ2v) is 6.50. The monoisotopic (exact) mass is 395 g/mol. The Kier molecular flexibility index (Phi) is 8.15. The summed E-state index contributed by atoms with van der Waals surface area (Å²) in [6, 6.07) is 14.1. The van der Waals surface area contributed by atoms with Crippen molar-refractivity contribution in [3.63, 3.8) is 0 Å². The van der Waals surface area contributed by atoms with Gasteiger partial charge in [0.25, 0.3) is 5.91 Å². The summed E-state index contributed by atoms with van der Waals surface area (Å²) in [5.41, 5.74) is 2.90. The molecule has 0 saturated heterocycles. The second-order valence-electron chi connectivity index (χ2n) is 6.50. The van der Waals surface area contributed by atoms with E-state index in [1.807, 2.05) is 24.3 Å². The number of para-hydroxylation sites is 1. The smallest absolute Gasteiger partial charge is 0.337 e. The summed E-state index contributed by atoms with van der Waals surface area (Å²) in [7, 11) is 1.31. The van der Waals surface area contributed by atoms with E-state index in [1.54, 1.807) is 30.3 Å². The highest BCUT2D eigenvalue weighted by atomic mass is 16.5. The Morgan fingerprint density at radius 1 is 1.07 bits per heavy atom. The summed E-state index contributed by atoms with van der Waals surface area (Å²) in [6.07, 6.45) is 3.72. The van der Waals surface area contributed by atoms with Gasteiger partial charge in [-0.1, -0.05) is 44.2 Å². The van der Waals surface area contributed by atoms with Crippen molar-refractivity contribution in [2.75, 3.05) is 19.0 Å². The highest BCUT2D eigenvalue weighted by molar-refractivity contribution is 5.95. The molecular weight excluding hydrogens is 370 g/mol. The minimum Gasteiger partial charge on any atom is -0.465 e. The molecule has 6 heteroatoms. The summed E-state index contributed by atoms with van der Waals surface area (Å²) in [5, 5.41) is 2.79. The third-order valence-electron chi connectivity index (χ3n) is 4.47. The van der Waals surface area contributed by atoms with Crippen molar-refractivity contribution >= 4 is 29.6 Å². The number of hydrogen-bond donors (Lipinski definition) is 1. The number of carbonyl (C=O) groups excluding carboxylic acids is 3. The zero-order chi connectivity index (χ0) is 21.2. The Morgan fingerprint density at radius 2 is 1.76 bits per heavy atom. The molecule has 0 saturated carbocycles. The number of ether oxygens (including phenoxy) is 2. The zero-order valence-corrected chi connectivity index (χ0v) is 16.8. The van der Waals surface area contributed by atoms with E-state index in [2.05, 4.69) is 23.9 Å². The number of methoxy groups -OCH3 is 1. The summed E-state index contributed by atoms with van der Waals surface area (Å²) in [4.78, 5) is 35.4. The Hall–Kier alpha value is -3.41. The van der Waals surface area contributed by atoms with Crippen LogP contribution in [-0.2, 0) is 19.1 Å². The largest absolute Gasteiger partial charge is 0.465 e. The van der Waals surface area contributed by atoms with Crippen LogP contribution in [0.25, 0.3) is 6.08 Å². The minimum absolute atomic E-state index is 0.308. The minimum atomic E-state index is -0.632. The first-order chi connectivity index (χ1) is 13.9. The molecule has 1 N–H and O–H groups in total. The van der Waals surface area contributed by atoms with Crippen molar-refractivity contribution in [3.05, 3.63) is 71.3 Å². The van der Waals surface area contributed by atoms with Gasteiger partial charge in [0.2, 0.25) is 0 Å². The van der Waals surface area contributed by atoms with Crippen molar-refractivity contribution in [1.29, 1.82) is 0 Å². The first kappa shape index (κ1) is 21.9. The van der Waals surface area contributed by atoms with Crippen molar-refractivity contribution < 1.29 is 23.9 Å². The number of rotatable bonds is 8. The maximum atomic E-state index is 12.1. The maximum Gasteiger partial charge on any atom is 0.337 e. The van der Waals surface area contributed by atoms with E-state index in [9.17, 15) is 14.4 Å². The zero-order valence-electron chi connectivity index (χ0n) is 16.8. The van der Waals surface area contributed by atoms with Crippen LogP contribution in [0, 0.1) is 0 Å². The van der Waals surface area contributed by atoms with Crippen molar-refractivity contribution in [2.24, 2.45) is 0 Å². The lowest BCUT2D eigenvalue weighted by Crippen LogP contribution is -2.21. The predicted molar refractivity (Wildman–Crippen MR) is 112 cm³/mol. The van der Waals surface area contributed by atoms with E-state index in [1.165, 1.54) is 13.2 Å². The summed E-state index contributed by atoms with van der Waals surface area (Å²) in [6.45, 7) is 3.80. The molecule has 0 aromatic heterocycles. The SMILES string of the molecule is CC[C@@H](C)c1ccccc1NC(=O)COC(=O)/C=C/c1ccc(C(=O)OC)cc1. The third-order valence-corrected chi connectivity index (χ3v) is 4.47. The predicted octanol–water partition coefficient (Wildman–Crippen LogP) is 4.18. The summed E-state index contributed by atoms with van der Waals surface area (Å²) < 4.78 is 9.62. The molecule has 0 aliphatic carbocycles. The van der Waals surface area contributed by atoms with Gasteiger partial charge < -0.3 is 14.8 Å². The van der Waals surface area contributed by atoms with Gasteiger partial charge in [-0.25, -0.2) is 9.59 Å². The Bertz CT molecular complexity index is 886. The number of amides is 1. The number of benzene rings is 2. The van der Waals surface area contributed by atoms with E-state index in [-0.39, 0.29) is 6.61 Å². The number of esters is 2. The molecule has 0 unspecified atom stereocenters. The molecule has 152 valence electrons. The van der Waals surface area contributed by atoms with Gasteiger partial charge in [-0.3, -0.25) is 4.79 Å². The van der Waals surface area contributed by atoms with Gasteiger partial charge in [0, 0.05) is 11.8 Å². The number of nitrogens with one attached hydrogen (secondary N) is 1. The van der Waals surface area contributed by atoms with Crippen LogP contribution in [0.5, 0.6) is 0 Å². The highest BCUT2D eigenvalue weighted by Gasteiger charge is 2.12. The molecule has 1 amide bonds. The van der Waals surface area contributed by atoms with Crippen LogP contribution >= 0.6 is 0 Å². The first-order valence-electron chi connectivity index (χ1n) is 9.36. The second kappa shape index (κ2) is 10.8. The molecule has 2 rings (SSSR count). The molecule has 2 aromatic rings. The molecular formula is C23H25NO5. The summed E-state index contributed by atoms with van der Waals surface area (Å²) >= 11 is 0. The van der Waals surface area contributed by atoms with Crippen LogP contribution < -0.4 is 5.32 Å². The third kappa shape index (κ3) is 6.60. The van der Waals surface area contributed by atoms with Gasteiger partial charge in [-0.2, -0.15) is 0 Å². The van der Waals surface area contributed by atoms with E-state index in [0.717, 1.165) is 17.7 Å². The van der Waals surface area contributed by atoms with Crippen LogP contribution in [0.2, 0.25) is 0 Å². The van der Waals surface area contributed by atoms with Gasteiger partial charge in [-0.15, -0.1) is 0 Å². The van der Waals surface area contributed by atoms with Crippen molar-refractivity contribution in [1.82, 2.24) is 0 Å². The molecule has 1 atom stereocenters. The lowest BCUT2D eigenvalue weighted by Gasteiger charge is -2.15. The molecule has 2 aromatic carbocycles. The van der Waals surface area contributed by atoms with Crippen LogP contribution in [0.3, 0.4) is 0 Å². The molecule has 0 aliphatic heterocycles. The Balaban J connectivity index is 1.87. The highest BCUT2D eigenvalue weighted by Crippen LogP contribution is 2.26. The molecule has 0 fully saturated rings. The average Bonchev–Trinajstić information content (AvgIpc) is 2.75. The number of anilines is 1. The fourth-order valence-corrected chi connectivity index (χ4v) is 2.64. The van der Waals surface area contributed by atoms with E-state index in [0.29, 0.717) is 17.0 Å². The fraction of sp³-hybridized carbons (Fsp3) is 0.261. The molecule has 0 bridgehead atoms. The van der Waals surface area contributed by atoms with Crippen LogP contribution in [-0.4, -0.2) is 31.6 Å². The van der Waals surface area contributed by atoms with Gasteiger partial charge in [0.15, 0.2) is 6.61 Å². The maximum absolute atomic E-state index is 12.1. The lowest BCUT2D eigenvalue weighted by molar-refractivity contribution is -0.142. The molecule has 0 spiro atoms. The Morgan fingerprint density at radius 3 is 2.41 bits per heavy atom. The van der Waals surface area contributed by atoms with E-state index in [4.69, 9.17) is 4.74 Å². The van der Waals surface area contributed by atoms with Crippen molar-refractivity contribution in [3.8, 4) is 0 Å². The quantitative estimate of drug-likeness (QED) is 0.536. The van der Waals surface area contributed by atoms with Crippen LogP contribution in [0.15, 0.2) is 54.6 Å². The number of carbonyl (C=O) groups is 3. The normalized spacial score (nSPS) is 11.7. The Labute approximate surface area is 170 Å². The molecule has 0 radical (unpaired) electrons.